The van der Waals surface area contributed by atoms with Crippen LogP contribution in [0.25, 0.3) is 0 Å². The van der Waals surface area contributed by atoms with Gasteiger partial charge in [-0.2, -0.15) is 0 Å². The Morgan fingerprint density at radius 1 is 1.10 bits per heavy atom. The molecule has 20 heavy (non-hydrogen) atoms. The molecular weight excluding hydrogens is 272 g/mol. The Bertz CT molecular complexity index is 605. The van der Waals surface area contributed by atoms with Gasteiger partial charge in [-0.25, -0.2) is 0 Å². The van der Waals surface area contributed by atoms with E-state index >= 15 is 0 Å². The number of nitrogens with one attached hydrogen (secondary N) is 2. The van der Waals surface area contributed by atoms with Crippen LogP contribution in [0.1, 0.15) is 11.1 Å². The topological polar surface area (TPSA) is 41.1 Å². The number of rotatable bonds is 4. The molecule has 0 aliphatic carbocycles. The molecule has 0 aliphatic heterocycles. The quantitative estimate of drug-likeness (QED) is 0.892. The van der Waals surface area contributed by atoms with E-state index in [1.807, 2.05) is 38.1 Å². The minimum Gasteiger partial charge on any atom is -0.376 e. The zero-order chi connectivity index (χ0) is 14.5. The first-order valence-corrected chi connectivity index (χ1v) is 6.79. The third kappa shape index (κ3) is 3.75. The fourth-order valence-corrected chi connectivity index (χ4v) is 2.22. The Morgan fingerprint density at radius 2 is 1.75 bits per heavy atom. The summed E-state index contributed by atoms with van der Waals surface area (Å²) >= 11 is 5.88. The molecule has 0 spiro atoms. The predicted molar refractivity (Wildman–Crippen MR) is 84.5 cm³/mol. The summed E-state index contributed by atoms with van der Waals surface area (Å²) in [5.74, 6) is -0.102. The number of hydrogen-bond donors (Lipinski definition) is 2. The summed E-state index contributed by atoms with van der Waals surface area (Å²) in [6.45, 7) is 4.26. The Kier molecular flexibility index (Phi) is 4.64. The van der Waals surface area contributed by atoms with Crippen molar-refractivity contribution in [2.45, 2.75) is 13.8 Å². The van der Waals surface area contributed by atoms with Crippen LogP contribution >= 0.6 is 11.6 Å². The molecular formula is C16H17ClN2O. The van der Waals surface area contributed by atoms with Crippen LogP contribution in [-0.4, -0.2) is 12.5 Å². The Balaban J connectivity index is 1.96. The second kappa shape index (κ2) is 6.44. The number of aryl methyl sites for hydroxylation is 2. The van der Waals surface area contributed by atoms with Crippen molar-refractivity contribution in [2.24, 2.45) is 0 Å². The van der Waals surface area contributed by atoms with E-state index < -0.39 is 0 Å². The molecule has 0 atom stereocenters. The van der Waals surface area contributed by atoms with Crippen molar-refractivity contribution < 1.29 is 4.79 Å². The zero-order valence-electron chi connectivity index (χ0n) is 11.5. The summed E-state index contributed by atoms with van der Waals surface area (Å²) in [5.41, 5.74) is 3.96. The highest BCUT2D eigenvalue weighted by atomic mass is 35.5. The third-order valence-corrected chi connectivity index (χ3v) is 3.25. The fraction of sp³-hybridized carbons (Fsp3) is 0.188. The molecule has 0 saturated heterocycles. The van der Waals surface area contributed by atoms with Gasteiger partial charge in [0.25, 0.3) is 0 Å². The van der Waals surface area contributed by atoms with Gasteiger partial charge in [-0.15, -0.1) is 0 Å². The minimum absolute atomic E-state index is 0.102. The molecule has 0 heterocycles. The fourth-order valence-electron chi connectivity index (χ4n) is 2.03. The first-order chi connectivity index (χ1) is 9.56. The van der Waals surface area contributed by atoms with E-state index in [0.717, 1.165) is 16.8 Å². The molecule has 0 aromatic heterocycles. The second-order valence-corrected chi connectivity index (χ2v) is 5.12. The lowest BCUT2D eigenvalue weighted by Crippen LogP contribution is -2.22. The summed E-state index contributed by atoms with van der Waals surface area (Å²) in [4.78, 5) is 11.9. The summed E-state index contributed by atoms with van der Waals surface area (Å²) < 4.78 is 0. The van der Waals surface area contributed by atoms with E-state index in [9.17, 15) is 4.79 Å². The molecule has 0 radical (unpaired) electrons. The average molecular weight is 289 g/mol. The van der Waals surface area contributed by atoms with Crippen LogP contribution in [-0.2, 0) is 4.79 Å². The molecule has 2 rings (SSSR count). The number of para-hydroxylation sites is 1. The van der Waals surface area contributed by atoms with Crippen molar-refractivity contribution in [1.29, 1.82) is 0 Å². The zero-order valence-corrected chi connectivity index (χ0v) is 12.3. The monoisotopic (exact) mass is 288 g/mol. The summed E-state index contributed by atoms with van der Waals surface area (Å²) in [5, 5.41) is 6.58. The van der Waals surface area contributed by atoms with Crippen molar-refractivity contribution >= 4 is 28.9 Å². The summed E-state index contributed by atoms with van der Waals surface area (Å²) in [6.07, 6.45) is 0. The first-order valence-electron chi connectivity index (χ1n) is 6.42. The normalized spacial score (nSPS) is 10.2. The number of benzene rings is 2. The van der Waals surface area contributed by atoms with Crippen molar-refractivity contribution in [2.75, 3.05) is 17.2 Å². The Labute approximate surface area is 124 Å². The maximum atomic E-state index is 11.9. The number of hydrogen-bond acceptors (Lipinski definition) is 2. The number of carbonyl (C=O) groups excluding carboxylic acids is 1. The van der Waals surface area contributed by atoms with E-state index in [2.05, 4.69) is 10.6 Å². The van der Waals surface area contributed by atoms with Gasteiger partial charge in [0.1, 0.15) is 0 Å². The Hall–Kier alpha value is -2.00. The molecule has 2 aromatic rings. The van der Waals surface area contributed by atoms with E-state index in [1.54, 1.807) is 18.2 Å². The molecule has 0 saturated carbocycles. The van der Waals surface area contributed by atoms with Crippen LogP contribution in [0, 0.1) is 13.8 Å². The van der Waals surface area contributed by atoms with Crippen LogP contribution in [0.4, 0.5) is 11.4 Å². The van der Waals surface area contributed by atoms with Crippen molar-refractivity contribution in [1.82, 2.24) is 0 Å². The molecule has 4 heteroatoms. The molecule has 0 bridgehead atoms. The maximum absolute atomic E-state index is 11.9. The number of halogens is 1. The highest BCUT2D eigenvalue weighted by molar-refractivity contribution is 6.30. The molecule has 1 amide bonds. The molecule has 3 nitrogen and oxygen atoms in total. The maximum Gasteiger partial charge on any atom is 0.243 e. The van der Waals surface area contributed by atoms with Gasteiger partial charge in [0.2, 0.25) is 5.91 Å². The lowest BCUT2D eigenvalue weighted by Gasteiger charge is -2.12. The highest BCUT2D eigenvalue weighted by Gasteiger charge is 2.05. The molecule has 0 unspecified atom stereocenters. The summed E-state index contributed by atoms with van der Waals surface area (Å²) in [6, 6.07) is 13.1. The number of amides is 1. The van der Waals surface area contributed by atoms with Gasteiger partial charge in [0.15, 0.2) is 0 Å². The number of anilines is 2. The molecule has 0 fully saturated rings. The van der Waals surface area contributed by atoms with Gasteiger partial charge in [0.05, 0.1) is 6.54 Å². The van der Waals surface area contributed by atoms with Gasteiger partial charge in [0, 0.05) is 16.4 Å². The van der Waals surface area contributed by atoms with E-state index in [0.29, 0.717) is 10.7 Å². The number of carbonyl (C=O) groups is 1. The molecule has 104 valence electrons. The van der Waals surface area contributed by atoms with Crippen LogP contribution in [0.2, 0.25) is 5.02 Å². The SMILES string of the molecule is Cc1cccc(C)c1NCC(=O)Nc1cccc(Cl)c1. The lowest BCUT2D eigenvalue weighted by atomic mass is 10.1. The highest BCUT2D eigenvalue weighted by Crippen LogP contribution is 2.19. The van der Waals surface area contributed by atoms with Crippen LogP contribution < -0.4 is 10.6 Å². The third-order valence-electron chi connectivity index (χ3n) is 3.02. The standard InChI is InChI=1S/C16H17ClN2O/c1-11-5-3-6-12(2)16(11)18-10-15(20)19-14-8-4-7-13(17)9-14/h3-9,18H,10H2,1-2H3,(H,19,20). The minimum atomic E-state index is -0.102. The second-order valence-electron chi connectivity index (χ2n) is 4.68. The summed E-state index contributed by atoms with van der Waals surface area (Å²) in [7, 11) is 0. The smallest absolute Gasteiger partial charge is 0.243 e. The molecule has 0 aliphatic rings. The average Bonchev–Trinajstić information content (AvgIpc) is 2.38. The van der Waals surface area contributed by atoms with Crippen molar-refractivity contribution in [3.8, 4) is 0 Å². The van der Waals surface area contributed by atoms with E-state index in [-0.39, 0.29) is 12.5 Å². The van der Waals surface area contributed by atoms with Gasteiger partial charge in [-0.05, 0) is 43.2 Å². The largest absolute Gasteiger partial charge is 0.376 e. The van der Waals surface area contributed by atoms with Gasteiger partial charge < -0.3 is 10.6 Å². The van der Waals surface area contributed by atoms with Gasteiger partial charge in [-0.1, -0.05) is 35.9 Å². The van der Waals surface area contributed by atoms with Crippen LogP contribution in [0.15, 0.2) is 42.5 Å². The van der Waals surface area contributed by atoms with Crippen LogP contribution in [0.3, 0.4) is 0 Å². The first kappa shape index (κ1) is 14.4. The predicted octanol–water partition coefficient (Wildman–Crippen LogP) is 4.01. The molecule has 2 N–H and O–H groups in total. The molecule has 2 aromatic carbocycles. The van der Waals surface area contributed by atoms with Crippen molar-refractivity contribution in [3.05, 3.63) is 58.6 Å². The van der Waals surface area contributed by atoms with Crippen molar-refractivity contribution in [3.63, 3.8) is 0 Å². The van der Waals surface area contributed by atoms with Crippen LogP contribution in [0.5, 0.6) is 0 Å². The van der Waals surface area contributed by atoms with Gasteiger partial charge in [-0.3, -0.25) is 4.79 Å². The van der Waals surface area contributed by atoms with E-state index in [1.165, 1.54) is 0 Å². The van der Waals surface area contributed by atoms with E-state index in [4.69, 9.17) is 11.6 Å². The van der Waals surface area contributed by atoms with Gasteiger partial charge >= 0.3 is 0 Å². The lowest BCUT2D eigenvalue weighted by molar-refractivity contribution is -0.114. The Morgan fingerprint density at radius 3 is 2.40 bits per heavy atom.